The van der Waals surface area contributed by atoms with Crippen LogP contribution in [0.25, 0.3) is 11.1 Å². The first-order valence-corrected chi connectivity index (χ1v) is 7.33. The zero-order valence-electron chi connectivity index (χ0n) is 12.5. The third-order valence-corrected chi connectivity index (χ3v) is 3.74. The van der Waals surface area contributed by atoms with E-state index in [2.05, 4.69) is 51.1 Å². The molecule has 0 bridgehead atoms. The zero-order chi connectivity index (χ0) is 14.8. The third-order valence-electron chi connectivity index (χ3n) is 3.43. The van der Waals surface area contributed by atoms with Crippen LogP contribution in [-0.2, 0) is 11.3 Å². The SMILES string of the molecule is COc1cccc(-c2ccc(CCl)cc2C(C)(C)C)c1. The number of ether oxygens (including phenoxy) is 1. The molecule has 2 aromatic carbocycles. The minimum absolute atomic E-state index is 0.0699. The Bertz CT molecular complexity index is 597. The Hall–Kier alpha value is -1.47. The standard InChI is InChI=1S/C18H21ClO/c1-18(2,3)17-10-13(12-19)8-9-16(17)14-6-5-7-15(11-14)20-4/h5-11H,12H2,1-4H3. The van der Waals surface area contributed by atoms with Gasteiger partial charge in [-0.2, -0.15) is 0 Å². The summed E-state index contributed by atoms with van der Waals surface area (Å²) in [4.78, 5) is 0. The maximum Gasteiger partial charge on any atom is 0.119 e. The molecule has 2 rings (SSSR count). The van der Waals surface area contributed by atoms with Crippen molar-refractivity contribution in [1.29, 1.82) is 0 Å². The van der Waals surface area contributed by atoms with Crippen LogP contribution in [0, 0.1) is 0 Å². The monoisotopic (exact) mass is 288 g/mol. The predicted molar refractivity (Wildman–Crippen MR) is 86.7 cm³/mol. The Labute approximate surface area is 126 Å². The second kappa shape index (κ2) is 5.88. The lowest BCUT2D eigenvalue weighted by atomic mass is 9.81. The van der Waals surface area contributed by atoms with E-state index >= 15 is 0 Å². The fraction of sp³-hybridized carbons (Fsp3) is 0.333. The molecule has 2 aromatic rings. The van der Waals surface area contributed by atoms with Gasteiger partial charge in [0.15, 0.2) is 0 Å². The first kappa shape index (κ1) is 14.9. The van der Waals surface area contributed by atoms with Gasteiger partial charge in [0.1, 0.15) is 5.75 Å². The summed E-state index contributed by atoms with van der Waals surface area (Å²) in [5.74, 6) is 1.42. The van der Waals surface area contributed by atoms with Crippen LogP contribution in [0.2, 0.25) is 0 Å². The van der Waals surface area contributed by atoms with Gasteiger partial charge < -0.3 is 4.74 Å². The Morgan fingerprint density at radius 3 is 2.40 bits per heavy atom. The molecule has 0 saturated carbocycles. The number of halogens is 1. The smallest absolute Gasteiger partial charge is 0.119 e. The molecule has 0 atom stereocenters. The average molecular weight is 289 g/mol. The summed E-state index contributed by atoms with van der Waals surface area (Å²) in [6, 6.07) is 14.6. The molecule has 0 unspecified atom stereocenters. The first-order valence-electron chi connectivity index (χ1n) is 6.79. The molecule has 0 radical (unpaired) electrons. The Morgan fingerprint density at radius 1 is 1.05 bits per heavy atom. The molecule has 0 amide bonds. The highest BCUT2D eigenvalue weighted by Gasteiger charge is 2.19. The van der Waals surface area contributed by atoms with Crippen LogP contribution in [0.5, 0.6) is 5.75 Å². The Morgan fingerprint density at radius 2 is 1.80 bits per heavy atom. The highest BCUT2D eigenvalue weighted by atomic mass is 35.5. The maximum absolute atomic E-state index is 5.98. The van der Waals surface area contributed by atoms with Gasteiger partial charge >= 0.3 is 0 Å². The van der Waals surface area contributed by atoms with Gasteiger partial charge in [0.25, 0.3) is 0 Å². The quantitative estimate of drug-likeness (QED) is 0.687. The number of rotatable bonds is 3. The molecule has 0 aliphatic heterocycles. The molecule has 0 heterocycles. The third kappa shape index (κ3) is 3.16. The van der Waals surface area contributed by atoms with Crippen molar-refractivity contribution in [2.75, 3.05) is 7.11 Å². The van der Waals surface area contributed by atoms with Crippen molar-refractivity contribution in [3.8, 4) is 16.9 Å². The van der Waals surface area contributed by atoms with Crippen molar-refractivity contribution in [1.82, 2.24) is 0 Å². The fourth-order valence-corrected chi connectivity index (χ4v) is 2.50. The number of hydrogen-bond acceptors (Lipinski definition) is 1. The van der Waals surface area contributed by atoms with Gasteiger partial charge in [-0.3, -0.25) is 0 Å². The molecule has 1 nitrogen and oxygen atoms in total. The molecular weight excluding hydrogens is 268 g/mol. The predicted octanol–water partition coefficient (Wildman–Crippen LogP) is 5.40. The van der Waals surface area contributed by atoms with E-state index in [1.807, 2.05) is 12.1 Å². The van der Waals surface area contributed by atoms with E-state index in [4.69, 9.17) is 16.3 Å². The fourth-order valence-electron chi connectivity index (χ4n) is 2.34. The minimum atomic E-state index is 0.0699. The van der Waals surface area contributed by atoms with E-state index in [1.165, 1.54) is 16.7 Å². The van der Waals surface area contributed by atoms with Crippen molar-refractivity contribution >= 4 is 11.6 Å². The molecule has 0 aromatic heterocycles. The van der Waals surface area contributed by atoms with E-state index in [-0.39, 0.29) is 5.41 Å². The van der Waals surface area contributed by atoms with E-state index in [0.717, 1.165) is 11.3 Å². The van der Waals surface area contributed by atoms with Crippen LogP contribution < -0.4 is 4.74 Å². The first-order chi connectivity index (χ1) is 9.45. The molecule has 2 heteroatoms. The normalized spacial score (nSPS) is 11.4. The molecule has 0 N–H and O–H groups in total. The van der Waals surface area contributed by atoms with E-state index < -0.39 is 0 Å². The van der Waals surface area contributed by atoms with Crippen molar-refractivity contribution in [3.05, 3.63) is 53.6 Å². The Kier molecular flexibility index (Phi) is 4.39. The summed E-state index contributed by atoms with van der Waals surface area (Å²) < 4.78 is 5.33. The lowest BCUT2D eigenvalue weighted by Gasteiger charge is -2.24. The van der Waals surface area contributed by atoms with Crippen molar-refractivity contribution in [3.63, 3.8) is 0 Å². The van der Waals surface area contributed by atoms with Gasteiger partial charge in [0, 0.05) is 5.88 Å². The number of benzene rings is 2. The van der Waals surface area contributed by atoms with Gasteiger partial charge in [0.2, 0.25) is 0 Å². The number of hydrogen-bond donors (Lipinski definition) is 0. The maximum atomic E-state index is 5.98. The minimum Gasteiger partial charge on any atom is -0.497 e. The summed E-state index contributed by atoms with van der Waals surface area (Å²) in [6.45, 7) is 6.68. The largest absolute Gasteiger partial charge is 0.497 e. The number of alkyl halides is 1. The number of methoxy groups -OCH3 is 1. The lowest BCUT2D eigenvalue weighted by molar-refractivity contribution is 0.415. The summed E-state index contributed by atoms with van der Waals surface area (Å²) in [7, 11) is 1.69. The second-order valence-electron chi connectivity index (χ2n) is 6.00. The van der Waals surface area contributed by atoms with Crippen molar-refractivity contribution in [2.45, 2.75) is 32.1 Å². The molecule has 0 aliphatic carbocycles. The van der Waals surface area contributed by atoms with Gasteiger partial charge in [0.05, 0.1) is 7.11 Å². The van der Waals surface area contributed by atoms with Crippen LogP contribution >= 0.6 is 11.6 Å². The van der Waals surface area contributed by atoms with E-state index in [9.17, 15) is 0 Å². The molecular formula is C18H21ClO. The molecule has 0 aliphatic rings. The topological polar surface area (TPSA) is 9.23 Å². The summed E-state index contributed by atoms with van der Waals surface area (Å²) in [5, 5.41) is 0. The average Bonchev–Trinajstić information content (AvgIpc) is 2.45. The summed E-state index contributed by atoms with van der Waals surface area (Å²) >= 11 is 5.98. The van der Waals surface area contributed by atoms with Crippen LogP contribution in [0.1, 0.15) is 31.9 Å². The van der Waals surface area contributed by atoms with Crippen LogP contribution in [0.4, 0.5) is 0 Å². The molecule has 106 valence electrons. The van der Waals surface area contributed by atoms with Crippen molar-refractivity contribution < 1.29 is 4.74 Å². The molecule has 0 saturated heterocycles. The lowest BCUT2D eigenvalue weighted by Crippen LogP contribution is -2.13. The summed E-state index contributed by atoms with van der Waals surface area (Å²) in [6.07, 6.45) is 0. The molecule has 0 fully saturated rings. The Balaban J connectivity index is 2.60. The van der Waals surface area contributed by atoms with E-state index in [1.54, 1.807) is 7.11 Å². The highest BCUT2D eigenvalue weighted by Crippen LogP contribution is 2.35. The van der Waals surface area contributed by atoms with Gasteiger partial charge in [-0.15, -0.1) is 11.6 Å². The van der Waals surface area contributed by atoms with Gasteiger partial charge in [-0.05, 0) is 39.8 Å². The summed E-state index contributed by atoms with van der Waals surface area (Å²) in [5.41, 5.74) is 4.95. The van der Waals surface area contributed by atoms with Crippen LogP contribution in [0.3, 0.4) is 0 Å². The highest BCUT2D eigenvalue weighted by molar-refractivity contribution is 6.17. The molecule has 0 spiro atoms. The van der Waals surface area contributed by atoms with Gasteiger partial charge in [-0.25, -0.2) is 0 Å². The zero-order valence-corrected chi connectivity index (χ0v) is 13.3. The van der Waals surface area contributed by atoms with E-state index in [0.29, 0.717) is 5.88 Å². The van der Waals surface area contributed by atoms with Crippen LogP contribution in [0.15, 0.2) is 42.5 Å². The second-order valence-corrected chi connectivity index (χ2v) is 6.26. The van der Waals surface area contributed by atoms with Crippen molar-refractivity contribution in [2.24, 2.45) is 0 Å². The van der Waals surface area contributed by atoms with Crippen LogP contribution in [-0.4, -0.2) is 7.11 Å². The van der Waals surface area contributed by atoms with Gasteiger partial charge in [-0.1, -0.05) is 51.1 Å². The molecule has 20 heavy (non-hydrogen) atoms.